The monoisotopic (exact) mass is 559 g/mol. The zero-order valence-electron chi connectivity index (χ0n) is 26.6. The Labute approximate surface area is 248 Å². The molecule has 0 aromatic heterocycles. The van der Waals surface area contributed by atoms with Crippen LogP contribution in [0.1, 0.15) is 112 Å². The number of aliphatic hydroxyl groups excluding tert-OH is 1. The molecule has 4 nitrogen and oxygen atoms in total. The van der Waals surface area contributed by atoms with Gasteiger partial charge < -0.3 is 10.4 Å². The lowest BCUT2D eigenvalue weighted by atomic mass is 9.32. The average Bonchev–Trinajstić information content (AvgIpc) is 3.24. The minimum atomic E-state index is -0.716. The van der Waals surface area contributed by atoms with Crippen LogP contribution in [0.2, 0.25) is 0 Å². The Morgan fingerprint density at radius 2 is 1.61 bits per heavy atom. The second-order valence-electron chi connectivity index (χ2n) is 16.4. The van der Waals surface area contributed by atoms with Crippen LogP contribution in [0.25, 0.3) is 0 Å². The minimum absolute atomic E-state index is 0.00545. The van der Waals surface area contributed by atoms with Crippen LogP contribution in [0, 0.1) is 50.7 Å². The molecule has 5 aliphatic rings. The number of nitrogens with one attached hydrogen (secondary N) is 1. The summed E-state index contributed by atoms with van der Waals surface area (Å²) in [6.07, 6.45) is 8.20. The third-order valence-electron chi connectivity index (χ3n) is 14.1. The molecule has 0 bridgehead atoms. The fraction of sp³-hybridized carbons (Fsp3) is 0.730. The molecule has 224 valence electrons. The number of rotatable bonds is 4. The van der Waals surface area contributed by atoms with Crippen LogP contribution in [0.15, 0.2) is 41.5 Å². The predicted molar refractivity (Wildman–Crippen MR) is 164 cm³/mol. The van der Waals surface area contributed by atoms with Crippen LogP contribution < -0.4 is 5.32 Å². The number of hydrogen-bond donors (Lipinski definition) is 2. The summed E-state index contributed by atoms with van der Waals surface area (Å²) in [4.78, 5) is 28.0. The Balaban J connectivity index is 1.40. The van der Waals surface area contributed by atoms with Crippen molar-refractivity contribution in [3.05, 3.63) is 47.0 Å². The summed E-state index contributed by atoms with van der Waals surface area (Å²) in [5.74, 6) is 1.57. The normalized spacial score (nSPS) is 43.2. The van der Waals surface area contributed by atoms with Crippen LogP contribution in [0.5, 0.6) is 0 Å². The average molecular weight is 560 g/mol. The standard InChI is InChI=1S/C37H53NO3/c1-23(2)30-26(39)21-37(32(41)38-22-24-11-9-8-10-12-24)20-19-34(5)25(31(30)37)13-14-28-35(34,6)18-15-27-33(3,4)17-16-29(40)36(27,28)7/h8-12,23,25,27-29,40H,13-22H2,1-7H3,(H,38,41)/t25-,27+,28+,29?,34-,35-,36+,37-/m1/s1. The van der Waals surface area contributed by atoms with Crippen molar-refractivity contribution in [2.75, 3.05) is 0 Å². The maximum atomic E-state index is 14.3. The quantitative estimate of drug-likeness (QED) is 0.398. The first-order valence-corrected chi connectivity index (χ1v) is 16.5. The van der Waals surface area contributed by atoms with Crippen molar-refractivity contribution in [1.82, 2.24) is 5.32 Å². The molecule has 0 radical (unpaired) electrons. The lowest BCUT2D eigenvalue weighted by Gasteiger charge is -2.72. The molecule has 4 fully saturated rings. The van der Waals surface area contributed by atoms with Gasteiger partial charge in [-0.2, -0.15) is 0 Å². The first-order chi connectivity index (χ1) is 19.2. The first-order valence-electron chi connectivity index (χ1n) is 16.5. The molecule has 4 heteroatoms. The molecule has 1 unspecified atom stereocenters. The fourth-order valence-corrected chi connectivity index (χ4v) is 11.8. The van der Waals surface area contributed by atoms with Crippen molar-refractivity contribution in [2.45, 2.75) is 119 Å². The van der Waals surface area contributed by atoms with Gasteiger partial charge in [0, 0.05) is 18.4 Å². The third-order valence-corrected chi connectivity index (χ3v) is 14.1. The number of carbonyl (C=O) groups excluding carboxylic acids is 2. The molecule has 0 aliphatic heterocycles. The van der Waals surface area contributed by atoms with Crippen molar-refractivity contribution in [1.29, 1.82) is 0 Å². The lowest BCUT2D eigenvalue weighted by Crippen LogP contribution is -2.67. The van der Waals surface area contributed by atoms with E-state index in [1.807, 2.05) is 30.3 Å². The van der Waals surface area contributed by atoms with Gasteiger partial charge in [0.1, 0.15) is 0 Å². The molecular formula is C37H53NO3. The van der Waals surface area contributed by atoms with Gasteiger partial charge in [-0.3, -0.25) is 9.59 Å². The summed E-state index contributed by atoms with van der Waals surface area (Å²) in [5, 5.41) is 15.0. The summed E-state index contributed by atoms with van der Waals surface area (Å²) >= 11 is 0. The maximum Gasteiger partial charge on any atom is 0.231 e. The van der Waals surface area contributed by atoms with Crippen LogP contribution >= 0.6 is 0 Å². The Hall–Kier alpha value is -1.94. The predicted octanol–water partition coefficient (Wildman–Crippen LogP) is 7.64. The van der Waals surface area contributed by atoms with E-state index in [0.29, 0.717) is 24.8 Å². The van der Waals surface area contributed by atoms with Gasteiger partial charge in [-0.1, -0.05) is 78.8 Å². The number of Topliss-reactive ketones (excluding diaryl/α,β-unsaturated/α-hetero) is 1. The first kappa shape index (κ1) is 29.1. The van der Waals surface area contributed by atoms with Crippen molar-refractivity contribution in [3.63, 3.8) is 0 Å². The van der Waals surface area contributed by atoms with Crippen molar-refractivity contribution in [2.24, 2.45) is 50.7 Å². The highest BCUT2D eigenvalue weighted by Crippen LogP contribution is 2.76. The maximum absolute atomic E-state index is 14.3. The van der Waals surface area contributed by atoms with Crippen molar-refractivity contribution < 1.29 is 14.7 Å². The smallest absolute Gasteiger partial charge is 0.231 e. The lowest BCUT2D eigenvalue weighted by molar-refractivity contribution is -0.243. The Bertz CT molecular complexity index is 1260. The molecule has 0 heterocycles. The van der Waals surface area contributed by atoms with Gasteiger partial charge in [0.15, 0.2) is 5.78 Å². The van der Waals surface area contributed by atoms with Crippen LogP contribution in [-0.2, 0) is 16.1 Å². The second-order valence-corrected chi connectivity index (χ2v) is 16.4. The second kappa shape index (κ2) is 9.53. The minimum Gasteiger partial charge on any atom is -0.393 e. The van der Waals surface area contributed by atoms with E-state index in [9.17, 15) is 14.7 Å². The highest BCUT2D eigenvalue weighted by atomic mass is 16.3. The van der Waals surface area contributed by atoms with Gasteiger partial charge >= 0.3 is 0 Å². The molecule has 2 N–H and O–H groups in total. The van der Waals surface area contributed by atoms with Gasteiger partial charge in [0.25, 0.3) is 0 Å². The molecular weight excluding hydrogens is 506 g/mol. The van der Waals surface area contributed by atoms with E-state index in [1.54, 1.807) is 0 Å². The van der Waals surface area contributed by atoms with E-state index < -0.39 is 5.41 Å². The Kier molecular flexibility index (Phi) is 6.77. The van der Waals surface area contributed by atoms with E-state index >= 15 is 0 Å². The van der Waals surface area contributed by atoms with Gasteiger partial charge in [-0.25, -0.2) is 0 Å². The molecule has 1 amide bonds. The van der Waals surface area contributed by atoms with Gasteiger partial charge in [-0.05, 0) is 108 Å². The molecule has 5 aliphatic carbocycles. The largest absolute Gasteiger partial charge is 0.393 e. The molecule has 8 atom stereocenters. The number of hydrogen-bond acceptors (Lipinski definition) is 3. The highest BCUT2D eigenvalue weighted by molar-refractivity contribution is 6.06. The Morgan fingerprint density at radius 3 is 2.29 bits per heavy atom. The third kappa shape index (κ3) is 3.87. The summed E-state index contributed by atoms with van der Waals surface area (Å²) in [6.45, 7) is 17.1. The number of aliphatic hydroxyl groups is 1. The topological polar surface area (TPSA) is 66.4 Å². The molecule has 41 heavy (non-hydrogen) atoms. The number of carbonyl (C=O) groups is 2. The van der Waals surface area contributed by atoms with E-state index in [4.69, 9.17) is 0 Å². The van der Waals surface area contributed by atoms with E-state index in [2.05, 4.69) is 53.8 Å². The molecule has 6 rings (SSSR count). The zero-order valence-corrected chi connectivity index (χ0v) is 26.6. The van der Waals surface area contributed by atoms with E-state index in [1.165, 1.54) is 12.0 Å². The van der Waals surface area contributed by atoms with Crippen molar-refractivity contribution >= 4 is 11.7 Å². The SMILES string of the molecule is CC(C)C1=C2[C@H]3CC[C@@H]4[C@@]5(C)C(O)CCC(C)(C)[C@@H]5CC[C@@]4(C)[C@]3(C)CC[C@@]2(C(=O)NCc2ccccc2)CC1=O. The number of benzene rings is 1. The van der Waals surface area contributed by atoms with E-state index in [-0.39, 0.29) is 51.3 Å². The van der Waals surface area contributed by atoms with Crippen molar-refractivity contribution in [3.8, 4) is 0 Å². The molecule has 1 aromatic rings. The van der Waals surface area contributed by atoms with Crippen LogP contribution in [0.4, 0.5) is 0 Å². The van der Waals surface area contributed by atoms with Gasteiger partial charge in [0.2, 0.25) is 5.91 Å². The zero-order chi connectivity index (χ0) is 29.6. The number of amides is 1. The number of allylic oxidation sites excluding steroid dienone is 1. The molecule has 0 saturated heterocycles. The molecule has 0 spiro atoms. The molecule has 4 saturated carbocycles. The summed E-state index contributed by atoms with van der Waals surface area (Å²) in [5.41, 5.74) is 2.74. The fourth-order valence-electron chi connectivity index (χ4n) is 11.8. The summed E-state index contributed by atoms with van der Waals surface area (Å²) in [6, 6.07) is 10.1. The highest BCUT2D eigenvalue weighted by Gasteiger charge is 2.71. The Morgan fingerprint density at radius 1 is 0.902 bits per heavy atom. The summed E-state index contributed by atoms with van der Waals surface area (Å²) < 4.78 is 0. The van der Waals surface area contributed by atoms with E-state index in [0.717, 1.165) is 56.1 Å². The van der Waals surface area contributed by atoms with Crippen LogP contribution in [-0.4, -0.2) is 22.9 Å². The molecule has 1 aromatic carbocycles. The van der Waals surface area contributed by atoms with Crippen LogP contribution in [0.3, 0.4) is 0 Å². The number of ketones is 1. The van der Waals surface area contributed by atoms with Gasteiger partial charge in [-0.15, -0.1) is 0 Å². The van der Waals surface area contributed by atoms with Gasteiger partial charge in [0.05, 0.1) is 11.5 Å². The summed E-state index contributed by atoms with van der Waals surface area (Å²) in [7, 11) is 0. The number of fused-ring (bicyclic) bond motifs is 7.